The van der Waals surface area contributed by atoms with Crippen LogP contribution in [0.25, 0.3) is 27.6 Å². The average Bonchev–Trinajstić information content (AvgIpc) is 2.86. The van der Waals surface area contributed by atoms with Crippen molar-refractivity contribution in [3.8, 4) is 0 Å². The minimum absolute atomic E-state index is 0.109. The van der Waals surface area contributed by atoms with Gasteiger partial charge in [-0.1, -0.05) is 24.3 Å². The molecule has 4 nitrogen and oxygen atoms in total. The molecule has 4 heteroatoms. The summed E-state index contributed by atoms with van der Waals surface area (Å²) in [5.74, 6) is 0.613. The molecule has 2 aromatic heterocycles. The van der Waals surface area contributed by atoms with Gasteiger partial charge in [-0.15, -0.1) is 0 Å². The molecule has 0 fully saturated rings. The van der Waals surface area contributed by atoms with Crippen LogP contribution < -0.4 is 0 Å². The van der Waals surface area contributed by atoms with E-state index >= 15 is 0 Å². The van der Waals surface area contributed by atoms with Crippen molar-refractivity contribution in [3.63, 3.8) is 0 Å². The monoisotopic (exact) mass is 249 g/mol. The summed E-state index contributed by atoms with van der Waals surface area (Å²) < 4.78 is 1.93. The number of hydrogen-bond donors (Lipinski definition) is 1. The van der Waals surface area contributed by atoms with Crippen LogP contribution in [0.5, 0.6) is 0 Å². The van der Waals surface area contributed by atoms with Gasteiger partial charge in [0.05, 0.1) is 16.6 Å². The van der Waals surface area contributed by atoms with Crippen molar-refractivity contribution in [1.29, 1.82) is 0 Å². The minimum Gasteiger partial charge on any atom is -0.388 e. The van der Waals surface area contributed by atoms with Crippen LogP contribution in [0.4, 0.5) is 0 Å². The van der Waals surface area contributed by atoms with Crippen LogP contribution in [0.15, 0.2) is 48.5 Å². The van der Waals surface area contributed by atoms with Gasteiger partial charge in [-0.2, -0.15) is 0 Å². The first kappa shape index (κ1) is 10.5. The zero-order valence-corrected chi connectivity index (χ0v) is 10.1. The number of hydrogen-bond acceptors (Lipinski definition) is 3. The van der Waals surface area contributed by atoms with Crippen LogP contribution in [-0.2, 0) is 6.61 Å². The number of aliphatic hydroxyl groups excluding tert-OH is 1. The third kappa shape index (κ3) is 1.37. The van der Waals surface area contributed by atoms with Crippen molar-refractivity contribution in [3.05, 3.63) is 54.4 Å². The summed E-state index contributed by atoms with van der Waals surface area (Å²) in [4.78, 5) is 9.18. The molecule has 0 atom stereocenters. The minimum atomic E-state index is -0.109. The number of nitrogens with zero attached hydrogens (tertiary/aromatic N) is 3. The molecule has 0 unspecified atom stereocenters. The first-order chi connectivity index (χ1) is 9.38. The van der Waals surface area contributed by atoms with Gasteiger partial charge in [0.2, 0.25) is 0 Å². The number of aromatic nitrogens is 3. The largest absolute Gasteiger partial charge is 0.388 e. The maximum atomic E-state index is 9.56. The normalized spacial score (nSPS) is 11.6. The molecular weight excluding hydrogens is 238 g/mol. The highest BCUT2D eigenvalue weighted by Gasteiger charge is 2.12. The van der Waals surface area contributed by atoms with Gasteiger partial charge >= 0.3 is 0 Å². The highest BCUT2D eigenvalue weighted by molar-refractivity contribution is 5.96. The molecule has 0 saturated carbocycles. The van der Waals surface area contributed by atoms with Gasteiger partial charge in [-0.25, -0.2) is 9.97 Å². The van der Waals surface area contributed by atoms with Crippen LogP contribution in [-0.4, -0.2) is 19.5 Å². The van der Waals surface area contributed by atoms with E-state index in [0.717, 1.165) is 27.6 Å². The second-order valence-electron chi connectivity index (χ2n) is 4.46. The van der Waals surface area contributed by atoms with Crippen molar-refractivity contribution in [2.75, 3.05) is 0 Å². The molecule has 0 radical (unpaired) electrons. The molecule has 0 aliphatic heterocycles. The predicted molar refractivity (Wildman–Crippen MR) is 73.9 cm³/mol. The Balaban J connectivity index is 2.34. The van der Waals surface area contributed by atoms with Gasteiger partial charge in [-0.3, -0.25) is 4.40 Å². The summed E-state index contributed by atoms with van der Waals surface area (Å²) in [5.41, 5.74) is 3.58. The SMILES string of the molecule is OCc1nc2ccccc2c2nc3ccccc3n12. The van der Waals surface area contributed by atoms with E-state index in [9.17, 15) is 5.11 Å². The third-order valence-corrected chi connectivity index (χ3v) is 3.35. The lowest BCUT2D eigenvalue weighted by atomic mass is 10.2. The second-order valence-corrected chi connectivity index (χ2v) is 4.46. The average molecular weight is 249 g/mol. The molecule has 0 aliphatic rings. The van der Waals surface area contributed by atoms with E-state index in [4.69, 9.17) is 0 Å². The predicted octanol–water partition coefficient (Wildman–Crippen LogP) is 2.53. The van der Waals surface area contributed by atoms with E-state index in [2.05, 4.69) is 9.97 Å². The topological polar surface area (TPSA) is 50.4 Å². The van der Waals surface area contributed by atoms with Gasteiger partial charge in [0.15, 0.2) is 0 Å². The Morgan fingerprint density at radius 1 is 0.895 bits per heavy atom. The molecule has 0 spiro atoms. The first-order valence-corrected chi connectivity index (χ1v) is 6.14. The van der Waals surface area contributed by atoms with Crippen molar-refractivity contribution in [2.45, 2.75) is 6.61 Å². The zero-order chi connectivity index (χ0) is 12.8. The Kier molecular flexibility index (Phi) is 2.07. The molecule has 0 bridgehead atoms. The molecule has 19 heavy (non-hydrogen) atoms. The fraction of sp³-hybridized carbons (Fsp3) is 0.0667. The number of benzene rings is 2. The second kappa shape index (κ2) is 3.76. The Bertz CT molecular complexity index is 911. The lowest BCUT2D eigenvalue weighted by molar-refractivity contribution is 0.270. The molecule has 0 aliphatic carbocycles. The van der Waals surface area contributed by atoms with Crippen LogP contribution >= 0.6 is 0 Å². The summed E-state index contributed by atoms with van der Waals surface area (Å²) in [6.07, 6.45) is 0. The molecule has 0 amide bonds. The fourth-order valence-electron chi connectivity index (χ4n) is 2.52. The van der Waals surface area contributed by atoms with Crippen molar-refractivity contribution in [2.24, 2.45) is 0 Å². The van der Waals surface area contributed by atoms with Crippen molar-refractivity contribution in [1.82, 2.24) is 14.4 Å². The Hall–Kier alpha value is -2.46. The maximum Gasteiger partial charge on any atom is 0.148 e. The molecule has 4 rings (SSSR count). The summed E-state index contributed by atoms with van der Waals surface area (Å²) in [7, 11) is 0. The van der Waals surface area contributed by atoms with Crippen LogP contribution in [0, 0.1) is 0 Å². The Morgan fingerprint density at radius 2 is 1.63 bits per heavy atom. The van der Waals surface area contributed by atoms with E-state index in [1.54, 1.807) is 0 Å². The van der Waals surface area contributed by atoms with E-state index in [1.807, 2.05) is 52.9 Å². The number of para-hydroxylation sites is 3. The quantitative estimate of drug-likeness (QED) is 0.564. The summed E-state index contributed by atoms with van der Waals surface area (Å²) >= 11 is 0. The fourth-order valence-corrected chi connectivity index (χ4v) is 2.52. The van der Waals surface area contributed by atoms with Gasteiger partial charge in [0.25, 0.3) is 0 Å². The standard InChI is InChI=1S/C15H11N3O/c19-9-14-16-11-6-2-1-5-10(11)15-17-12-7-3-4-8-13(12)18(14)15/h1-8,19H,9H2. The lowest BCUT2D eigenvalue weighted by Gasteiger charge is -2.05. The molecule has 2 heterocycles. The molecule has 0 saturated heterocycles. The maximum absolute atomic E-state index is 9.56. The molecule has 1 N–H and O–H groups in total. The summed E-state index contributed by atoms with van der Waals surface area (Å²) in [6, 6.07) is 15.7. The highest BCUT2D eigenvalue weighted by Crippen LogP contribution is 2.24. The smallest absolute Gasteiger partial charge is 0.148 e. The van der Waals surface area contributed by atoms with Gasteiger partial charge in [0, 0.05) is 5.39 Å². The van der Waals surface area contributed by atoms with Gasteiger partial charge in [-0.05, 0) is 24.3 Å². The zero-order valence-electron chi connectivity index (χ0n) is 10.1. The van der Waals surface area contributed by atoms with Crippen LogP contribution in [0.1, 0.15) is 5.82 Å². The Labute approximate surface area is 109 Å². The Morgan fingerprint density at radius 3 is 2.47 bits per heavy atom. The first-order valence-electron chi connectivity index (χ1n) is 6.14. The van der Waals surface area contributed by atoms with E-state index < -0.39 is 0 Å². The highest BCUT2D eigenvalue weighted by atomic mass is 16.3. The van der Waals surface area contributed by atoms with E-state index in [-0.39, 0.29) is 6.61 Å². The molecular formula is C15H11N3O. The van der Waals surface area contributed by atoms with Crippen LogP contribution in [0.3, 0.4) is 0 Å². The van der Waals surface area contributed by atoms with E-state index in [1.165, 1.54) is 0 Å². The lowest BCUT2D eigenvalue weighted by Crippen LogP contribution is -2.01. The number of imidazole rings is 1. The van der Waals surface area contributed by atoms with Crippen molar-refractivity contribution < 1.29 is 5.11 Å². The summed E-state index contributed by atoms with van der Waals surface area (Å²) in [6.45, 7) is -0.109. The number of rotatable bonds is 1. The number of fused-ring (bicyclic) bond motifs is 5. The summed E-state index contributed by atoms with van der Waals surface area (Å²) in [5, 5.41) is 10.6. The number of aliphatic hydroxyl groups is 1. The van der Waals surface area contributed by atoms with Gasteiger partial charge in [0.1, 0.15) is 18.1 Å². The van der Waals surface area contributed by atoms with Crippen LogP contribution in [0.2, 0.25) is 0 Å². The van der Waals surface area contributed by atoms with Gasteiger partial charge < -0.3 is 5.11 Å². The molecule has 2 aromatic carbocycles. The molecule has 4 aromatic rings. The third-order valence-electron chi connectivity index (χ3n) is 3.35. The molecule has 92 valence electrons. The van der Waals surface area contributed by atoms with E-state index in [0.29, 0.717) is 5.82 Å². The van der Waals surface area contributed by atoms with Crippen molar-refractivity contribution >= 4 is 27.6 Å².